The van der Waals surface area contributed by atoms with Gasteiger partial charge in [-0.2, -0.15) is 0 Å². The molecule has 0 unspecified atom stereocenters. The lowest BCUT2D eigenvalue weighted by atomic mass is 10.2. The van der Waals surface area contributed by atoms with E-state index in [0.29, 0.717) is 15.6 Å². The highest BCUT2D eigenvalue weighted by atomic mass is 79.9. The first-order chi connectivity index (χ1) is 16.4. The second-order valence-corrected chi connectivity index (χ2v) is 9.32. The van der Waals surface area contributed by atoms with E-state index in [0.717, 1.165) is 10.2 Å². The van der Waals surface area contributed by atoms with Crippen LogP contribution in [0.5, 0.6) is 5.75 Å². The number of amidine groups is 1. The summed E-state index contributed by atoms with van der Waals surface area (Å²) in [6, 6.07) is 18.2. The molecule has 34 heavy (non-hydrogen) atoms. The molecule has 0 aromatic heterocycles. The van der Waals surface area contributed by atoms with E-state index in [9.17, 15) is 14.0 Å². The van der Waals surface area contributed by atoms with Gasteiger partial charge in [0.15, 0.2) is 11.8 Å². The molecular formula is C24H16BrClFN3O3S. The van der Waals surface area contributed by atoms with Gasteiger partial charge in [-0.1, -0.05) is 45.7 Å². The van der Waals surface area contributed by atoms with Crippen LogP contribution < -0.4 is 15.4 Å². The Hall–Kier alpha value is -3.14. The first-order valence-corrected chi connectivity index (χ1v) is 11.9. The minimum atomic E-state index is -0.537. The lowest BCUT2D eigenvalue weighted by Gasteiger charge is -2.10. The van der Waals surface area contributed by atoms with Crippen molar-refractivity contribution in [3.63, 3.8) is 0 Å². The SMILES string of the molecule is O=C(COc1ccc(/C=C2\SC(=Nc3ccc(Br)cc3)NC2=O)cc1Cl)Nc1ccccc1F. The van der Waals surface area contributed by atoms with Crippen LogP contribution in [0.2, 0.25) is 5.02 Å². The van der Waals surface area contributed by atoms with E-state index in [4.69, 9.17) is 16.3 Å². The number of nitrogens with one attached hydrogen (secondary N) is 2. The fourth-order valence-electron chi connectivity index (χ4n) is 2.88. The highest BCUT2D eigenvalue weighted by molar-refractivity contribution is 9.10. The number of halogens is 3. The Bertz CT molecular complexity index is 1320. The first kappa shape index (κ1) is 24.0. The molecule has 0 saturated carbocycles. The Balaban J connectivity index is 1.38. The number of thioether (sulfide) groups is 1. The molecule has 0 atom stereocenters. The predicted molar refractivity (Wildman–Crippen MR) is 137 cm³/mol. The van der Waals surface area contributed by atoms with Crippen LogP contribution in [-0.2, 0) is 9.59 Å². The van der Waals surface area contributed by atoms with Crippen molar-refractivity contribution in [2.75, 3.05) is 11.9 Å². The zero-order chi connectivity index (χ0) is 24.1. The van der Waals surface area contributed by atoms with Crippen molar-refractivity contribution in [1.29, 1.82) is 0 Å². The fraction of sp³-hybridized carbons (Fsp3) is 0.0417. The van der Waals surface area contributed by atoms with Gasteiger partial charge < -0.3 is 15.4 Å². The van der Waals surface area contributed by atoms with Crippen molar-refractivity contribution in [2.45, 2.75) is 0 Å². The second kappa shape index (κ2) is 10.9. The van der Waals surface area contributed by atoms with Crippen molar-refractivity contribution in [3.8, 4) is 5.75 Å². The zero-order valence-electron chi connectivity index (χ0n) is 17.3. The average molecular weight is 561 g/mol. The molecule has 0 bridgehead atoms. The van der Waals surface area contributed by atoms with Gasteiger partial charge in [0.05, 0.1) is 21.3 Å². The molecule has 0 radical (unpaired) electrons. The number of benzene rings is 3. The van der Waals surface area contributed by atoms with Gasteiger partial charge in [0.2, 0.25) is 0 Å². The lowest BCUT2D eigenvalue weighted by molar-refractivity contribution is -0.118. The summed E-state index contributed by atoms with van der Waals surface area (Å²) in [6.07, 6.45) is 1.69. The highest BCUT2D eigenvalue weighted by Gasteiger charge is 2.24. The minimum Gasteiger partial charge on any atom is -0.482 e. The molecule has 1 aliphatic heterocycles. The number of anilines is 1. The van der Waals surface area contributed by atoms with Gasteiger partial charge in [-0.05, 0) is 71.9 Å². The van der Waals surface area contributed by atoms with E-state index in [1.54, 1.807) is 30.3 Å². The molecule has 1 heterocycles. The maximum absolute atomic E-state index is 13.6. The topological polar surface area (TPSA) is 79.8 Å². The number of carbonyl (C=O) groups is 2. The molecule has 3 aromatic carbocycles. The van der Waals surface area contributed by atoms with Crippen LogP contribution in [0.4, 0.5) is 15.8 Å². The molecule has 1 saturated heterocycles. The third-order valence-corrected chi connectivity index (χ3v) is 6.20. The molecule has 1 aliphatic rings. The van der Waals surface area contributed by atoms with E-state index in [1.807, 2.05) is 24.3 Å². The summed E-state index contributed by atoms with van der Waals surface area (Å²) in [4.78, 5) is 29.3. The van der Waals surface area contributed by atoms with Crippen LogP contribution in [0.25, 0.3) is 6.08 Å². The summed E-state index contributed by atoms with van der Waals surface area (Å²) in [7, 11) is 0. The molecule has 6 nitrogen and oxygen atoms in total. The molecular weight excluding hydrogens is 545 g/mol. The summed E-state index contributed by atoms with van der Waals surface area (Å²) in [5.41, 5.74) is 1.46. The van der Waals surface area contributed by atoms with Crippen molar-refractivity contribution >= 4 is 73.7 Å². The van der Waals surface area contributed by atoms with Crippen LogP contribution in [-0.4, -0.2) is 23.6 Å². The molecule has 10 heteroatoms. The van der Waals surface area contributed by atoms with E-state index < -0.39 is 11.7 Å². The van der Waals surface area contributed by atoms with Crippen molar-refractivity contribution in [1.82, 2.24) is 5.32 Å². The van der Waals surface area contributed by atoms with Crippen LogP contribution in [0.1, 0.15) is 5.56 Å². The Morgan fingerprint density at radius 2 is 1.94 bits per heavy atom. The van der Waals surface area contributed by atoms with Gasteiger partial charge in [0.25, 0.3) is 11.8 Å². The highest BCUT2D eigenvalue weighted by Crippen LogP contribution is 2.31. The molecule has 4 rings (SSSR count). The lowest BCUT2D eigenvalue weighted by Crippen LogP contribution is -2.20. The number of nitrogens with zero attached hydrogens (tertiary/aromatic N) is 1. The van der Waals surface area contributed by atoms with Crippen molar-refractivity contribution in [2.24, 2.45) is 4.99 Å². The second-order valence-electron chi connectivity index (χ2n) is 6.96. The third-order valence-electron chi connectivity index (χ3n) is 4.47. The van der Waals surface area contributed by atoms with Crippen molar-refractivity contribution < 1.29 is 18.7 Å². The summed E-state index contributed by atoms with van der Waals surface area (Å²) in [5.74, 6) is -1.04. The third kappa shape index (κ3) is 6.25. The summed E-state index contributed by atoms with van der Waals surface area (Å²) >= 11 is 10.9. The Morgan fingerprint density at radius 1 is 1.18 bits per heavy atom. The maximum atomic E-state index is 13.6. The number of rotatable bonds is 6. The van der Waals surface area contributed by atoms with E-state index in [-0.39, 0.29) is 29.0 Å². The minimum absolute atomic E-state index is 0.0690. The number of carbonyl (C=O) groups excluding carboxylic acids is 2. The van der Waals surface area contributed by atoms with Gasteiger partial charge in [0, 0.05) is 4.47 Å². The van der Waals surface area contributed by atoms with Crippen LogP contribution in [0, 0.1) is 5.82 Å². The van der Waals surface area contributed by atoms with Gasteiger partial charge in [-0.25, -0.2) is 9.38 Å². The largest absolute Gasteiger partial charge is 0.482 e. The number of para-hydroxylation sites is 1. The number of aliphatic imine (C=N–C) groups is 1. The molecule has 3 aromatic rings. The van der Waals surface area contributed by atoms with Crippen LogP contribution >= 0.6 is 39.3 Å². The monoisotopic (exact) mass is 559 g/mol. The molecule has 1 fully saturated rings. The summed E-state index contributed by atoms with van der Waals surface area (Å²) in [5, 5.41) is 5.91. The molecule has 172 valence electrons. The summed E-state index contributed by atoms with van der Waals surface area (Å²) < 4.78 is 20.0. The Kier molecular flexibility index (Phi) is 7.66. The molecule has 0 spiro atoms. The van der Waals surface area contributed by atoms with Gasteiger partial charge in [0.1, 0.15) is 11.6 Å². The Labute approximate surface area is 212 Å². The number of hydrogen-bond acceptors (Lipinski definition) is 5. The molecule has 2 N–H and O–H groups in total. The fourth-order valence-corrected chi connectivity index (χ4v) is 4.23. The molecule has 2 amide bonds. The molecule has 0 aliphatic carbocycles. The number of ether oxygens (including phenoxy) is 1. The number of amides is 2. The maximum Gasteiger partial charge on any atom is 0.264 e. The van der Waals surface area contributed by atoms with Gasteiger partial charge >= 0.3 is 0 Å². The van der Waals surface area contributed by atoms with E-state index in [2.05, 4.69) is 31.6 Å². The quantitative estimate of drug-likeness (QED) is 0.355. The van der Waals surface area contributed by atoms with Crippen LogP contribution in [0.3, 0.4) is 0 Å². The zero-order valence-corrected chi connectivity index (χ0v) is 20.5. The van der Waals surface area contributed by atoms with Crippen LogP contribution in [0.15, 0.2) is 81.1 Å². The Morgan fingerprint density at radius 3 is 2.68 bits per heavy atom. The van der Waals surface area contributed by atoms with E-state index >= 15 is 0 Å². The summed E-state index contributed by atoms with van der Waals surface area (Å²) in [6.45, 7) is -0.345. The van der Waals surface area contributed by atoms with Crippen molar-refractivity contribution in [3.05, 3.63) is 92.5 Å². The van der Waals surface area contributed by atoms with Gasteiger partial charge in [-0.15, -0.1) is 0 Å². The standard InChI is InChI=1S/C24H16BrClFN3O3S/c25-15-6-8-16(9-7-15)28-24-30-23(32)21(34-24)12-14-5-10-20(17(26)11-14)33-13-22(31)29-19-4-2-1-3-18(19)27/h1-12H,13H2,(H,29,31)(H,28,30,32)/b21-12-. The van der Waals surface area contributed by atoms with E-state index in [1.165, 1.54) is 30.0 Å². The van der Waals surface area contributed by atoms with Gasteiger partial charge in [-0.3, -0.25) is 9.59 Å². The predicted octanol–water partition coefficient (Wildman–Crippen LogP) is 6.15. The first-order valence-electron chi connectivity index (χ1n) is 9.89. The average Bonchev–Trinajstić information content (AvgIpc) is 3.14. The smallest absolute Gasteiger partial charge is 0.264 e. The normalized spacial score (nSPS) is 15.4. The number of hydrogen-bond donors (Lipinski definition) is 2.